The second-order valence-electron chi connectivity index (χ2n) is 8.68. The summed E-state index contributed by atoms with van der Waals surface area (Å²) in [7, 11) is 0. The van der Waals surface area contributed by atoms with Gasteiger partial charge in [-0.1, -0.05) is 41.9 Å². The SMILES string of the molecule is Cc1cc(Cl)ccc1OC1CCN(C2CCN(C(C(=O)O)c3ccccc3)CC2)CC1. The van der Waals surface area contributed by atoms with Crippen molar-refractivity contribution in [3.8, 4) is 5.75 Å². The number of ether oxygens (including phenoxy) is 1. The third-order valence-corrected chi connectivity index (χ3v) is 6.87. The van der Waals surface area contributed by atoms with Crippen LogP contribution in [0.25, 0.3) is 0 Å². The minimum Gasteiger partial charge on any atom is -0.490 e. The second kappa shape index (κ2) is 10.0. The topological polar surface area (TPSA) is 53.0 Å². The molecule has 2 aliphatic heterocycles. The molecule has 5 nitrogen and oxygen atoms in total. The number of benzene rings is 2. The van der Waals surface area contributed by atoms with E-state index in [1.807, 2.05) is 55.5 Å². The van der Waals surface area contributed by atoms with Gasteiger partial charge in [0.05, 0.1) is 0 Å². The van der Waals surface area contributed by atoms with E-state index in [9.17, 15) is 9.90 Å². The molecule has 2 fully saturated rings. The summed E-state index contributed by atoms with van der Waals surface area (Å²) >= 11 is 6.05. The zero-order chi connectivity index (χ0) is 21.8. The molecule has 0 spiro atoms. The van der Waals surface area contributed by atoms with Crippen molar-refractivity contribution in [2.24, 2.45) is 0 Å². The minimum absolute atomic E-state index is 0.241. The van der Waals surface area contributed by atoms with Crippen molar-refractivity contribution in [1.29, 1.82) is 0 Å². The van der Waals surface area contributed by atoms with Gasteiger partial charge in [0.2, 0.25) is 0 Å². The number of carbonyl (C=O) groups is 1. The molecule has 0 amide bonds. The molecule has 6 heteroatoms. The lowest BCUT2D eigenvalue weighted by Gasteiger charge is -2.43. The van der Waals surface area contributed by atoms with Crippen LogP contribution in [0.15, 0.2) is 48.5 Å². The molecule has 166 valence electrons. The molecular formula is C25H31ClN2O3. The van der Waals surface area contributed by atoms with Crippen molar-refractivity contribution in [3.63, 3.8) is 0 Å². The standard InChI is InChI=1S/C25H31ClN2O3/c1-18-17-20(26)7-8-23(18)31-22-11-15-27(16-12-22)21-9-13-28(14-10-21)24(25(29)30)19-5-3-2-4-6-19/h2-8,17,21-22,24H,9-16H2,1H3,(H,29,30). The Morgan fingerprint density at radius 2 is 1.71 bits per heavy atom. The highest BCUT2D eigenvalue weighted by atomic mass is 35.5. The van der Waals surface area contributed by atoms with Gasteiger partial charge in [-0.25, -0.2) is 0 Å². The highest BCUT2D eigenvalue weighted by molar-refractivity contribution is 6.30. The minimum atomic E-state index is -0.764. The molecular weight excluding hydrogens is 412 g/mol. The van der Waals surface area contributed by atoms with E-state index in [0.717, 1.165) is 73.8 Å². The van der Waals surface area contributed by atoms with Gasteiger partial charge in [-0.2, -0.15) is 0 Å². The fourth-order valence-electron chi connectivity index (χ4n) is 4.94. The average molecular weight is 443 g/mol. The van der Waals surface area contributed by atoms with Gasteiger partial charge in [-0.3, -0.25) is 9.69 Å². The number of rotatable bonds is 6. The van der Waals surface area contributed by atoms with Gasteiger partial charge in [0.25, 0.3) is 0 Å². The van der Waals surface area contributed by atoms with E-state index in [0.29, 0.717) is 6.04 Å². The van der Waals surface area contributed by atoms with Crippen LogP contribution < -0.4 is 4.74 Å². The largest absolute Gasteiger partial charge is 0.490 e. The van der Waals surface area contributed by atoms with Gasteiger partial charge in [-0.05, 0) is 61.9 Å². The summed E-state index contributed by atoms with van der Waals surface area (Å²) in [5.41, 5.74) is 1.94. The summed E-state index contributed by atoms with van der Waals surface area (Å²) in [5, 5.41) is 10.5. The van der Waals surface area contributed by atoms with E-state index in [2.05, 4.69) is 9.80 Å². The summed E-state index contributed by atoms with van der Waals surface area (Å²) in [6.45, 7) is 5.73. The van der Waals surface area contributed by atoms with E-state index < -0.39 is 12.0 Å². The average Bonchev–Trinajstić information content (AvgIpc) is 2.77. The van der Waals surface area contributed by atoms with E-state index in [4.69, 9.17) is 16.3 Å². The molecule has 1 unspecified atom stereocenters. The third-order valence-electron chi connectivity index (χ3n) is 6.64. The molecule has 0 aliphatic carbocycles. The number of aliphatic carboxylic acids is 1. The Labute approximate surface area is 189 Å². The van der Waals surface area contributed by atoms with Crippen molar-refractivity contribution in [1.82, 2.24) is 9.80 Å². The fraction of sp³-hybridized carbons (Fsp3) is 0.480. The smallest absolute Gasteiger partial charge is 0.325 e. The van der Waals surface area contributed by atoms with Gasteiger partial charge in [0.15, 0.2) is 0 Å². The molecule has 2 aromatic carbocycles. The molecule has 0 saturated carbocycles. The number of hydrogen-bond acceptors (Lipinski definition) is 4. The Bertz CT molecular complexity index is 876. The van der Waals surface area contributed by atoms with E-state index in [1.54, 1.807) is 0 Å². The van der Waals surface area contributed by atoms with E-state index in [-0.39, 0.29) is 6.10 Å². The first-order chi connectivity index (χ1) is 15.0. The second-order valence-corrected chi connectivity index (χ2v) is 9.12. The molecule has 0 aromatic heterocycles. The molecule has 1 N–H and O–H groups in total. The maximum absolute atomic E-state index is 11.9. The van der Waals surface area contributed by atoms with Gasteiger partial charge in [0, 0.05) is 37.2 Å². The molecule has 2 aliphatic rings. The Kier molecular flexibility index (Phi) is 7.16. The van der Waals surface area contributed by atoms with Crippen molar-refractivity contribution in [2.75, 3.05) is 26.2 Å². The number of aryl methyl sites for hydroxylation is 1. The zero-order valence-electron chi connectivity index (χ0n) is 18.0. The van der Waals surface area contributed by atoms with E-state index >= 15 is 0 Å². The van der Waals surface area contributed by atoms with Gasteiger partial charge >= 0.3 is 5.97 Å². The Morgan fingerprint density at radius 3 is 2.32 bits per heavy atom. The Balaban J connectivity index is 1.28. The van der Waals surface area contributed by atoms with Crippen LogP contribution in [0.3, 0.4) is 0 Å². The highest BCUT2D eigenvalue weighted by Crippen LogP contribution is 2.29. The van der Waals surface area contributed by atoms with Gasteiger partial charge < -0.3 is 14.7 Å². The predicted molar refractivity (Wildman–Crippen MR) is 123 cm³/mol. The summed E-state index contributed by atoms with van der Waals surface area (Å²) in [6, 6.07) is 15.3. The van der Waals surface area contributed by atoms with Crippen molar-refractivity contribution in [3.05, 3.63) is 64.7 Å². The molecule has 2 aromatic rings. The molecule has 1 atom stereocenters. The normalized spacial score (nSPS) is 20.5. The first-order valence-corrected chi connectivity index (χ1v) is 11.6. The number of nitrogens with zero attached hydrogens (tertiary/aromatic N) is 2. The van der Waals surface area contributed by atoms with Crippen LogP contribution in [0.2, 0.25) is 5.02 Å². The Hall–Kier alpha value is -2.08. The van der Waals surface area contributed by atoms with Crippen LogP contribution >= 0.6 is 11.6 Å². The fourth-order valence-corrected chi connectivity index (χ4v) is 5.16. The lowest BCUT2D eigenvalue weighted by atomic mass is 9.96. The van der Waals surface area contributed by atoms with Crippen molar-refractivity contribution in [2.45, 2.75) is 50.8 Å². The first kappa shape index (κ1) is 22.1. The molecule has 2 heterocycles. The van der Waals surface area contributed by atoms with E-state index in [1.165, 1.54) is 0 Å². The maximum Gasteiger partial charge on any atom is 0.325 e. The molecule has 0 bridgehead atoms. The van der Waals surface area contributed by atoms with Crippen LogP contribution in [-0.4, -0.2) is 59.2 Å². The maximum atomic E-state index is 11.9. The first-order valence-electron chi connectivity index (χ1n) is 11.2. The quantitative estimate of drug-likeness (QED) is 0.697. The Morgan fingerprint density at radius 1 is 1.03 bits per heavy atom. The summed E-state index contributed by atoms with van der Waals surface area (Å²) < 4.78 is 6.24. The number of hydrogen-bond donors (Lipinski definition) is 1. The highest BCUT2D eigenvalue weighted by Gasteiger charge is 2.34. The number of halogens is 1. The van der Waals surface area contributed by atoms with Crippen LogP contribution in [0.1, 0.15) is 42.9 Å². The van der Waals surface area contributed by atoms with Crippen LogP contribution in [0, 0.1) is 6.92 Å². The van der Waals surface area contributed by atoms with Crippen molar-refractivity contribution >= 4 is 17.6 Å². The molecule has 31 heavy (non-hydrogen) atoms. The number of carboxylic acids is 1. The van der Waals surface area contributed by atoms with Crippen LogP contribution in [0.4, 0.5) is 0 Å². The monoisotopic (exact) mass is 442 g/mol. The number of likely N-dealkylation sites (tertiary alicyclic amines) is 2. The lowest BCUT2D eigenvalue weighted by Crippen LogP contribution is -2.50. The van der Waals surface area contributed by atoms with Crippen molar-refractivity contribution < 1.29 is 14.6 Å². The third kappa shape index (κ3) is 5.40. The number of piperidine rings is 2. The summed E-state index contributed by atoms with van der Waals surface area (Å²) in [6.07, 6.45) is 4.30. The summed E-state index contributed by atoms with van der Waals surface area (Å²) in [5.74, 6) is 0.164. The van der Waals surface area contributed by atoms with Crippen LogP contribution in [0.5, 0.6) is 5.75 Å². The zero-order valence-corrected chi connectivity index (χ0v) is 18.8. The lowest BCUT2D eigenvalue weighted by molar-refractivity contribution is -0.144. The molecule has 4 rings (SSSR count). The number of carboxylic acid groups (broad SMARTS) is 1. The van der Waals surface area contributed by atoms with Crippen LogP contribution in [-0.2, 0) is 4.79 Å². The predicted octanol–water partition coefficient (Wildman–Crippen LogP) is 4.78. The van der Waals surface area contributed by atoms with Gasteiger partial charge in [0.1, 0.15) is 17.9 Å². The van der Waals surface area contributed by atoms with Gasteiger partial charge in [-0.15, -0.1) is 0 Å². The molecule has 2 saturated heterocycles. The summed E-state index contributed by atoms with van der Waals surface area (Å²) in [4.78, 5) is 16.6. The molecule has 0 radical (unpaired) electrons.